The zero-order chi connectivity index (χ0) is 20.5. The summed E-state index contributed by atoms with van der Waals surface area (Å²) in [7, 11) is 0. The summed E-state index contributed by atoms with van der Waals surface area (Å²) in [6.07, 6.45) is 4.17. The van der Waals surface area contributed by atoms with Crippen LogP contribution in [-0.4, -0.2) is 49.5 Å². The van der Waals surface area contributed by atoms with Crippen LogP contribution in [0.3, 0.4) is 0 Å². The number of β-amino-alcohol motifs (C(OH)–C–C–N with tert-alkyl or cyclic N) is 1. The fraction of sp³-hybridized carbons (Fsp3) is 0.261. The summed E-state index contributed by atoms with van der Waals surface area (Å²) in [6.45, 7) is 2.40. The lowest BCUT2D eigenvalue weighted by Crippen LogP contribution is -2.24. The van der Waals surface area contributed by atoms with Gasteiger partial charge in [-0.25, -0.2) is 4.98 Å². The van der Waals surface area contributed by atoms with Crippen molar-refractivity contribution in [3.05, 3.63) is 78.1 Å². The number of carbonyl (C=O) groups excluding carboxylic acids is 1. The second-order valence-corrected chi connectivity index (χ2v) is 7.67. The normalized spacial score (nSPS) is 17.0. The first-order valence-electron chi connectivity index (χ1n) is 10.2. The van der Waals surface area contributed by atoms with E-state index in [0.717, 1.165) is 40.8 Å². The van der Waals surface area contributed by atoms with Gasteiger partial charge in [0.25, 0.3) is 5.91 Å². The Kier molecular flexibility index (Phi) is 4.90. The number of rotatable bonds is 5. The van der Waals surface area contributed by atoms with Gasteiger partial charge >= 0.3 is 0 Å². The van der Waals surface area contributed by atoms with Crippen molar-refractivity contribution in [2.24, 2.45) is 0 Å². The fourth-order valence-electron chi connectivity index (χ4n) is 4.11. The molecule has 1 amide bonds. The number of hydrogen-bond donors (Lipinski definition) is 2. The van der Waals surface area contributed by atoms with Gasteiger partial charge in [0.2, 0.25) is 0 Å². The van der Waals surface area contributed by atoms with Crippen LogP contribution in [0, 0.1) is 0 Å². The number of likely N-dealkylation sites (tertiary alicyclic amines) is 1. The Hall–Kier alpha value is -3.29. The average molecular weight is 401 g/mol. The number of aromatic nitrogens is 3. The molecule has 0 saturated carbocycles. The molecule has 7 nitrogen and oxygen atoms in total. The van der Waals surface area contributed by atoms with Crippen molar-refractivity contribution in [1.29, 1.82) is 0 Å². The van der Waals surface area contributed by atoms with Crippen LogP contribution >= 0.6 is 0 Å². The molecule has 1 aliphatic heterocycles. The summed E-state index contributed by atoms with van der Waals surface area (Å²) in [5, 5.41) is 14.9. The van der Waals surface area contributed by atoms with Gasteiger partial charge in [-0.3, -0.25) is 14.7 Å². The number of aliphatic hydroxyl groups is 1. The molecule has 152 valence electrons. The monoisotopic (exact) mass is 401 g/mol. The molecular weight excluding hydrogens is 378 g/mol. The number of hydrogen-bond acceptors (Lipinski definition) is 5. The number of aliphatic hydroxyl groups excluding tert-OH is 1. The zero-order valence-electron chi connectivity index (χ0n) is 16.5. The van der Waals surface area contributed by atoms with Crippen LogP contribution in [-0.2, 0) is 13.1 Å². The highest BCUT2D eigenvalue weighted by atomic mass is 16.3. The highest BCUT2D eigenvalue weighted by Gasteiger charge is 2.23. The summed E-state index contributed by atoms with van der Waals surface area (Å²) in [4.78, 5) is 24.3. The summed E-state index contributed by atoms with van der Waals surface area (Å²) in [5.41, 5.74) is 2.01. The Bertz CT molecular complexity index is 1210. The first-order chi connectivity index (χ1) is 14.7. The molecule has 1 fully saturated rings. The molecule has 1 unspecified atom stereocenters. The van der Waals surface area contributed by atoms with E-state index in [2.05, 4.69) is 20.2 Å². The van der Waals surface area contributed by atoms with E-state index < -0.39 is 0 Å². The van der Waals surface area contributed by atoms with Gasteiger partial charge in [0.05, 0.1) is 30.4 Å². The van der Waals surface area contributed by atoms with Gasteiger partial charge in [-0.2, -0.15) is 0 Å². The molecule has 0 radical (unpaired) electrons. The smallest absolute Gasteiger partial charge is 0.272 e. The molecule has 30 heavy (non-hydrogen) atoms. The molecule has 4 aromatic rings. The molecule has 3 aromatic heterocycles. The first-order valence-corrected chi connectivity index (χ1v) is 10.2. The molecule has 0 aliphatic carbocycles. The maximum Gasteiger partial charge on any atom is 0.272 e. The lowest BCUT2D eigenvalue weighted by molar-refractivity contribution is 0.0947. The van der Waals surface area contributed by atoms with Crippen LogP contribution in [0.15, 0.2) is 60.9 Å². The van der Waals surface area contributed by atoms with Crippen LogP contribution in [0.5, 0.6) is 0 Å². The number of amides is 1. The summed E-state index contributed by atoms with van der Waals surface area (Å²) < 4.78 is 1.95. The van der Waals surface area contributed by atoms with E-state index in [1.54, 1.807) is 6.20 Å². The number of pyridine rings is 2. The second kappa shape index (κ2) is 7.85. The minimum absolute atomic E-state index is 0.221. The van der Waals surface area contributed by atoms with Crippen LogP contribution in [0.1, 0.15) is 28.4 Å². The molecular formula is C23H23N5O2. The van der Waals surface area contributed by atoms with Gasteiger partial charge in [-0.1, -0.05) is 30.3 Å². The van der Waals surface area contributed by atoms with Crippen LogP contribution in [0.25, 0.3) is 16.3 Å². The highest BCUT2D eigenvalue weighted by Crippen LogP contribution is 2.19. The van der Waals surface area contributed by atoms with E-state index in [1.807, 2.05) is 59.1 Å². The largest absolute Gasteiger partial charge is 0.392 e. The van der Waals surface area contributed by atoms with E-state index in [9.17, 15) is 9.90 Å². The Morgan fingerprint density at radius 2 is 2.03 bits per heavy atom. The van der Waals surface area contributed by atoms with E-state index in [1.165, 1.54) is 0 Å². The topological polar surface area (TPSA) is 82.8 Å². The van der Waals surface area contributed by atoms with Crippen LogP contribution in [0.4, 0.5) is 0 Å². The maximum atomic E-state index is 13.0. The molecule has 1 atom stereocenters. The predicted octanol–water partition coefficient (Wildman–Crippen LogP) is 2.38. The molecule has 0 spiro atoms. The Labute approximate surface area is 174 Å². The van der Waals surface area contributed by atoms with Gasteiger partial charge in [0, 0.05) is 30.9 Å². The maximum absolute atomic E-state index is 13.0. The van der Waals surface area contributed by atoms with Crippen molar-refractivity contribution >= 4 is 22.2 Å². The van der Waals surface area contributed by atoms with Crippen LogP contribution in [0.2, 0.25) is 0 Å². The number of carbonyl (C=O) groups is 1. The Morgan fingerprint density at radius 3 is 2.90 bits per heavy atom. The lowest BCUT2D eigenvalue weighted by atomic mass is 10.1. The second-order valence-electron chi connectivity index (χ2n) is 7.67. The molecule has 5 rings (SSSR count). The van der Waals surface area contributed by atoms with Crippen molar-refractivity contribution in [2.75, 3.05) is 13.1 Å². The van der Waals surface area contributed by atoms with E-state index in [4.69, 9.17) is 0 Å². The summed E-state index contributed by atoms with van der Waals surface area (Å²) in [5.74, 6) is 0.578. The number of benzene rings is 1. The molecule has 2 N–H and O–H groups in total. The summed E-state index contributed by atoms with van der Waals surface area (Å²) >= 11 is 0. The van der Waals surface area contributed by atoms with Crippen molar-refractivity contribution in [3.63, 3.8) is 0 Å². The first kappa shape index (κ1) is 18.7. The molecule has 1 saturated heterocycles. The quantitative estimate of drug-likeness (QED) is 0.537. The highest BCUT2D eigenvalue weighted by molar-refractivity contribution is 5.99. The number of nitrogens with zero attached hydrogens (tertiary/aromatic N) is 4. The van der Waals surface area contributed by atoms with Gasteiger partial charge in [0.15, 0.2) is 5.69 Å². The van der Waals surface area contributed by atoms with Gasteiger partial charge in [-0.05, 0) is 30.0 Å². The van der Waals surface area contributed by atoms with E-state index in [0.29, 0.717) is 25.3 Å². The summed E-state index contributed by atoms with van der Waals surface area (Å²) in [6, 6.07) is 15.7. The standard InChI is InChI=1S/C23H23N5O2/c29-17-9-12-27(14-17)15-21-26-22(20-7-3-4-11-28(20)21)23(30)25-13-19-18-6-2-1-5-16(18)8-10-24-19/h1-8,10-11,17,29H,9,12-15H2,(H,25,30). The van der Waals surface area contributed by atoms with Crippen LogP contribution < -0.4 is 5.32 Å². The van der Waals surface area contributed by atoms with Crippen molar-refractivity contribution < 1.29 is 9.90 Å². The van der Waals surface area contributed by atoms with Gasteiger partial charge < -0.3 is 14.8 Å². The average Bonchev–Trinajstić information content (AvgIpc) is 3.36. The molecule has 7 heteroatoms. The van der Waals surface area contributed by atoms with Crippen molar-refractivity contribution in [3.8, 4) is 0 Å². The third kappa shape index (κ3) is 3.53. The molecule has 1 aliphatic rings. The number of nitrogens with one attached hydrogen (secondary N) is 1. The minimum atomic E-state index is -0.285. The number of imidazole rings is 1. The molecule has 4 heterocycles. The zero-order valence-corrected chi connectivity index (χ0v) is 16.5. The predicted molar refractivity (Wildman–Crippen MR) is 114 cm³/mol. The third-order valence-electron chi connectivity index (χ3n) is 5.62. The number of fused-ring (bicyclic) bond motifs is 2. The fourth-order valence-corrected chi connectivity index (χ4v) is 4.11. The lowest BCUT2D eigenvalue weighted by Gasteiger charge is -2.13. The van der Waals surface area contributed by atoms with E-state index in [-0.39, 0.29) is 12.0 Å². The Morgan fingerprint density at radius 1 is 1.17 bits per heavy atom. The molecule has 1 aromatic carbocycles. The van der Waals surface area contributed by atoms with Crippen molar-refractivity contribution in [2.45, 2.75) is 25.6 Å². The van der Waals surface area contributed by atoms with Gasteiger partial charge in [0.1, 0.15) is 5.82 Å². The SMILES string of the molecule is O=C(NCc1nccc2ccccc12)c1nc(CN2CCC(O)C2)n2ccccc12. The third-order valence-corrected chi connectivity index (χ3v) is 5.62. The Balaban J connectivity index is 1.39. The van der Waals surface area contributed by atoms with E-state index >= 15 is 0 Å². The minimum Gasteiger partial charge on any atom is -0.392 e. The van der Waals surface area contributed by atoms with Gasteiger partial charge in [-0.15, -0.1) is 0 Å². The molecule has 0 bridgehead atoms. The van der Waals surface area contributed by atoms with Crippen molar-refractivity contribution in [1.82, 2.24) is 24.6 Å².